The fourth-order valence-electron chi connectivity index (χ4n) is 2.59. The second-order valence-corrected chi connectivity index (χ2v) is 4.87. The molecule has 5 nitrogen and oxygen atoms in total. The zero-order chi connectivity index (χ0) is 13.2. The van der Waals surface area contributed by atoms with Crippen molar-refractivity contribution >= 4 is 5.82 Å². The number of anilines is 1. The largest absolute Gasteiger partial charge is 0.383 e. The summed E-state index contributed by atoms with van der Waals surface area (Å²) in [6.45, 7) is 1.59. The fourth-order valence-corrected chi connectivity index (χ4v) is 2.59. The Hall–Kier alpha value is -1.88. The van der Waals surface area contributed by atoms with Crippen LogP contribution < -0.4 is 5.73 Å². The number of aryl methyl sites for hydroxylation is 1. The fraction of sp³-hybridized carbons (Fsp3) is 0.429. The topological polar surface area (TPSA) is 66.0 Å². The molecule has 0 aliphatic carbocycles. The predicted octanol–water partition coefficient (Wildman–Crippen LogP) is 1.96. The average molecular weight is 258 g/mol. The van der Waals surface area contributed by atoms with Gasteiger partial charge in [0.05, 0.1) is 17.0 Å². The Bertz CT molecular complexity index is 558. The summed E-state index contributed by atoms with van der Waals surface area (Å²) in [4.78, 5) is 4.41. The normalized spacial score (nSPS) is 16.7. The Balaban J connectivity index is 2.07. The molecule has 100 valence electrons. The third-order valence-corrected chi connectivity index (χ3v) is 3.65. The van der Waals surface area contributed by atoms with Crippen LogP contribution in [0.3, 0.4) is 0 Å². The number of nitrogen functional groups attached to an aromatic ring is 1. The number of aromatic nitrogens is 3. The summed E-state index contributed by atoms with van der Waals surface area (Å²) in [7, 11) is 1.88. The summed E-state index contributed by atoms with van der Waals surface area (Å²) in [5.41, 5.74) is 9.11. The van der Waals surface area contributed by atoms with E-state index in [1.807, 2.05) is 25.2 Å². The molecule has 0 bridgehead atoms. The van der Waals surface area contributed by atoms with E-state index in [4.69, 9.17) is 10.5 Å². The monoisotopic (exact) mass is 258 g/mol. The molecular formula is C14H18N4O. The second kappa shape index (κ2) is 5.01. The summed E-state index contributed by atoms with van der Waals surface area (Å²) in [5, 5.41) is 4.61. The van der Waals surface area contributed by atoms with Crippen molar-refractivity contribution in [3.05, 3.63) is 30.1 Å². The molecule has 2 aromatic rings. The van der Waals surface area contributed by atoms with Crippen molar-refractivity contribution in [1.29, 1.82) is 0 Å². The van der Waals surface area contributed by atoms with E-state index in [1.165, 1.54) is 0 Å². The van der Waals surface area contributed by atoms with Gasteiger partial charge in [-0.05, 0) is 25.0 Å². The molecule has 0 amide bonds. The van der Waals surface area contributed by atoms with Crippen molar-refractivity contribution in [3.8, 4) is 11.3 Å². The molecule has 2 aromatic heterocycles. The molecule has 0 aromatic carbocycles. The lowest BCUT2D eigenvalue weighted by Crippen LogP contribution is -2.15. The van der Waals surface area contributed by atoms with Gasteiger partial charge in [0, 0.05) is 32.4 Å². The van der Waals surface area contributed by atoms with Crippen LogP contribution in [0.15, 0.2) is 24.4 Å². The molecule has 2 N–H and O–H groups in total. The highest BCUT2D eigenvalue weighted by molar-refractivity contribution is 5.74. The quantitative estimate of drug-likeness (QED) is 0.894. The van der Waals surface area contributed by atoms with Gasteiger partial charge in [-0.1, -0.05) is 6.07 Å². The summed E-state index contributed by atoms with van der Waals surface area (Å²) in [5.74, 6) is 1.09. The van der Waals surface area contributed by atoms with Gasteiger partial charge < -0.3 is 10.5 Å². The van der Waals surface area contributed by atoms with E-state index in [1.54, 1.807) is 10.9 Å². The van der Waals surface area contributed by atoms with Gasteiger partial charge in [-0.25, -0.2) is 0 Å². The number of hydrogen-bond donors (Lipinski definition) is 1. The third-order valence-electron chi connectivity index (χ3n) is 3.65. The van der Waals surface area contributed by atoms with Gasteiger partial charge in [-0.15, -0.1) is 0 Å². The first-order valence-electron chi connectivity index (χ1n) is 6.59. The summed E-state index contributed by atoms with van der Waals surface area (Å²) in [6, 6.07) is 5.86. The highest BCUT2D eigenvalue weighted by Gasteiger charge is 2.25. The lowest BCUT2D eigenvalue weighted by atomic mass is 9.92. The zero-order valence-electron chi connectivity index (χ0n) is 11.0. The van der Waals surface area contributed by atoms with Gasteiger partial charge in [-0.3, -0.25) is 9.67 Å². The first-order chi connectivity index (χ1) is 9.27. The SMILES string of the molecule is Cn1nc(C2CCOCC2)c(-c2ccccn2)c1N. The molecule has 19 heavy (non-hydrogen) atoms. The smallest absolute Gasteiger partial charge is 0.131 e. The van der Waals surface area contributed by atoms with Crippen molar-refractivity contribution < 1.29 is 4.74 Å². The van der Waals surface area contributed by atoms with Crippen molar-refractivity contribution in [2.45, 2.75) is 18.8 Å². The van der Waals surface area contributed by atoms with E-state index < -0.39 is 0 Å². The van der Waals surface area contributed by atoms with Gasteiger partial charge in [0.2, 0.25) is 0 Å². The lowest BCUT2D eigenvalue weighted by molar-refractivity contribution is 0.0845. The molecule has 3 heterocycles. The Morgan fingerprint density at radius 1 is 1.32 bits per heavy atom. The van der Waals surface area contributed by atoms with E-state index in [0.29, 0.717) is 11.7 Å². The van der Waals surface area contributed by atoms with Crippen LogP contribution in [0.25, 0.3) is 11.3 Å². The average Bonchev–Trinajstić information content (AvgIpc) is 2.77. The minimum atomic E-state index is 0.411. The van der Waals surface area contributed by atoms with Gasteiger partial charge >= 0.3 is 0 Å². The number of pyridine rings is 1. The lowest BCUT2D eigenvalue weighted by Gasteiger charge is -2.21. The second-order valence-electron chi connectivity index (χ2n) is 4.87. The molecule has 5 heteroatoms. The summed E-state index contributed by atoms with van der Waals surface area (Å²) in [6.07, 6.45) is 3.78. The molecule has 3 rings (SSSR count). The molecular weight excluding hydrogens is 240 g/mol. The van der Waals surface area contributed by atoms with E-state index in [2.05, 4.69) is 10.1 Å². The predicted molar refractivity (Wildman–Crippen MR) is 73.6 cm³/mol. The maximum Gasteiger partial charge on any atom is 0.131 e. The van der Waals surface area contributed by atoms with Crippen molar-refractivity contribution in [2.24, 2.45) is 7.05 Å². The molecule has 0 spiro atoms. The summed E-state index contributed by atoms with van der Waals surface area (Å²) >= 11 is 0. The van der Waals surface area contributed by atoms with Gasteiger partial charge in [0.25, 0.3) is 0 Å². The maximum atomic E-state index is 6.17. The molecule has 1 fully saturated rings. The Kier molecular flexibility index (Phi) is 3.21. The van der Waals surface area contributed by atoms with Crippen LogP contribution in [0.1, 0.15) is 24.5 Å². The van der Waals surface area contributed by atoms with Crippen molar-refractivity contribution in [3.63, 3.8) is 0 Å². The number of ether oxygens (including phenoxy) is 1. The van der Waals surface area contributed by atoms with E-state index in [9.17, 15) is 0 Å². The first kappa shape index (κ1) is 12.2. The number of nitrogens with zero attached hydrogens (tertiary/aromatic N) is 3. The Labute approximate surface area is 112 Å². The number of rotatable bonds is 2. The number of hydrogen-bond acceptors (Lipinski definition) is 4. The van der Waals surface area contributed by atoms with Crippen LogP contribution in [-0.2, 0) is 11.8 Å². The molecule has 0 radical (unpaired) electrons. The van der Waals surface area contributed by atoms with Crippen LogP contribution in [0.5, 0.6) is 0 Å². The molecule has 0 atom stereocenters. The van der Waals surface area contributed by atoms with Gasteiger partial charge in [-0.2, -0.15) is 5.10 Å². The van der Waals surface area contributed by atoms with Crippen LogP contribution in [0.2, 0.25) is 0 Å². The van der Waals surface area contributed by atoms with E-state index in [-0.39, 0.29) is 0 Å². The first-order valence-corrected chi connectivity index (χ1v) is 6.59. The highest BCUT2D eigenvalue weighted by Crippen LogP contribution is 2.36. The molecule has 0 unspecified atom stereocenters. The van der Waals surface area contributed by atoms with Crippen molar-refractivity contribution in [1.82, 2.24) is 14.8 Å². The molecule has 0 saturated carbocycles. The van der Waals surface area contributed by atoms with Crippen molar-refractivity contribution in [2.75, 3.05) is 18.9 Å². The number of nitrogens with two attached hydrogens (primary N) is 1. The minimum absolute atomic E-state index is 0.411. The summed E-state index contributed by atoms with van der Waals surface area (Å²) < 4.78 is 7.17. The van der Waals surface area contributed by atoms with Gasteiger partial charge in [0.15, 0.2) is 0 Å². The Morgan fingerprint density at radius 2 is 2.11 bits per heavy atom. The van der Waals surface area contributed by atoms with E-state index >= 15 is 0 Å². The van der Waals surface area contributed by atoms with E-state index in [0.717, 1.165) is 43.0 Å². The maximum absolute atomic E-state index is 6.17. The van der Waals surface area contributed by atoms with Crippen LogP contribution >= 0.6 is 0 Å². The minimum Gasteiger partial charge on any atom is -0.383 e. The molecule has 1 aliphatic rings. The van der Waals surface area contributed by atoms with Crippen LogP contribution in [-0.4, -0.2) is 28.0 Å². The highest BCUT2D eigenvalue weighted by atomic mass is 16.5. The standard InChI is InChI=1S/C14H18N4O/c1-18-14(15)12(11-4-2-3-7-16-11)13(17-18)10-5-8-19-9-6-10/h2-4,7,10H,5-6,8-9,15H2,1H3. The van der Waals surface area contributed by atoms with Crippen LogP contribution in [0.4, 0.5) is 5.82 Å². The van der Waals surface area contributed by atoms with Crippen LogP contribution in [0, 0.1) is 0 Å². The Morgan fingerprint density at radius 3 is 2.79 bits per heavy atom. The molecule has 1 saturated heterocycles. The third kappa shape index (κ3) is 2.21. The zero-order valence-corrected chi connectivity index (χ0v) is 11.0. The molecule has 1 aliphatic heterocycles. The van der Waals surface area contributed by atoms with Gasteiger partial charge in [0.1, 0.15) is 5.82 Å².